The van der Waals surface area contributed by atoms with Gasteiger partial charge in [-0.1, -0.05) is 25.7 Å². The third-order valence-corrected chi connectivity index (χ3v) is 5.85. The molecule has 0 saturated heterocycles. The Hall–Kier alpha value is -1.54. The minimum Gasteiger partial charge on any atom is -0.443 e. The number of likely N-dealkylation sites (N-methyl/N-ethyl adjacent to an activating group) is 2. The molecule has 32 heavy (non-hydrogen) atoms. The minimum absolute atomic E-state index is 0.266. The summed E-state index contributed by atoms with van der Waals surface area (Å²) in [6.45, 7) is 4.90. The zero-order valence-electron chi connectivity index (χ0n) is 22.3. The van der Waals surface area contributed by atoms with Crippen LogP contribution in [0.25, 0.3) is 0 Å². The van der Waals surface area contributed by atoms with Crippen LogP contribution in [0.15, 0.2) is 0 Å². The van der Waals surface area contributed by atoms with Crippen LogP contribution in [0.4, 0.5) is 9.59 Å². The van der Waals surface area contributed by atoms with Crippen molar-refractivity contribution < 1.29 is 28.0 Å². The standard InChI is InChI=1S/C24H52N4O4/c1-25(2)23(29)31-21-19-27(5,6)17-15-13-11-9-10-12-14-16-18-28(7,8)20-22-32-24(30)26(3)4/h9-22H2,1-8H3/q+2. The van der Waals surface area contributed by atoms with E-state index >= 15 is 0 Å². The lowest BCUT2D eigenvalue weighted by molar-refractivity contribution is -0.890. The fourth-order valence-corrected chi connectivity index (χ4v) is 3.38. The number of amides is 2. The lowest BCUT2D eigenvalue weighted by Gasteiger charge is -2.29. The van der Waals surface area contributed by atoms with Crippen LogP contribution >= 0.6 is 0 Å². The van der Waals surface area contributed by atoms with Gasteiger partial charge in [-0.15, -0.1) is 0 Å². The van der Waals surface area contributed by atoms with E-state index in [9.17, 15) is 9.59 Å². The Balaban J connectivity index is 3.63. The van der Waals surface area contributed by atoms with Crippen molar-refractivity contribution in [3.8, 4) is 0 Å². The zero-order valence-corrected chi connectivity index (χ0v) is 22.3. The summed E-state index contributed by atoms with van der Waals surface area (Å²) in [6.07, 6.45) is 9.68. The fourth-order valence-electron chi connectivity index (χ4n) is 3.38. The molecule has 0 aromatic rings. The van der Waals surface area contributed by atoms with E-state index < -0.39 is 0 Å². The van der Waals surface area contributed by atoms with Gasteiger partial charge >= 0.3 is 12.2 Å². The summed E-state index contributed by atoms with van der Waals surface area (Å²) in [4.78, 5) is 25.9. The molecule has 0 atom stereocenters. The second kappa shape index (κ2) is 16.1. The second-order valence-electron chi connectivity index (χ2n) is 10.6. The Bertz CT molecular complexity index is 476. The zero-order chi connectivity index (χ0) is 24.6. The lowest BCUT2D eigenvalue weighted by atomic mass is 10.1. The van der Waals surface area contributed by atoms with Gasteiger partial charge in [-0.3, -0.25) is 0 Å². The number of carbonyl (C=O) groups excluding carboxylic acids is 2. The Morgan fingerprint density at radius 3 is 1.09 bits per heavy atom. The predicted molar refractivity (Wildman–Crippen MR) is 131 cm³/mol. The first-order valence-electron chi connectivity index (χ1n) is 12.2. The van der Waals surface area contributed by atoms with Crippen LogP contribution in [0.2, 0.25) is 0 Å². The van der Waals surface area contributed by atoms with Crippen molar-refractivity contribution in [3.05, 3.63) is 0 Å². The van der Waals surface area contributed by atoms with E-state index in [0.29, 0.717) is 13.2 Å². The summed E-state index contributed by atoms with van der Waals surface area (Å²) in [6, 6.07) is 0. The second-order valence-corrected chi connectivity index (χ2v) is 10.6. The highest BCUT2D eigenvalue weighted by molar-refractivity contribution is 5.67. The fraction of sp³-hybridized carbons (Fsp3) is 0.917. The Morgan fingerprint density at radius 2 is 0.812 bits per heavy atom. The average molecular weight is 461 g/mol. The number of nitrogens with zero attached hydrogens (tertiary/aromatic N) is 4. The van der Waals surface area contributed by atoms with Gasteiger partial charge in [0.2, 0.25) is 0 Å². The summed E-state index contributed by atoms with van der Waals surface area (Å²) in [5.74, 6) is 0. The van der Waals surface area contributed by atoms with Crippen LogP contribution in [-0.4, -0.2) is 127 Å². The summed E-state index contributed by atoms with van der Waals surface area (Å²) < 4.78 is 12.3. The minimum atomic E-state index is -0.266. The summed E-state index contributed by atoms with van der Waals surface area (Å²) in [7, 11) is 15.6. The molecule has 0 spiro atoms. The van der Waals surface area contributed by atoms with Crippen molar-refractivity contribution in [3.63, 3.8) is 0 Å². The number of quaternary nitrogens is 2. The number of ether oxygens (including phenoxy) is 2. The molecule has 0 radical (unpaired) electrons. The molecule has 190 valence electrons. The topological polar surface area (TPSA) is 59.1 Å². The SMILES string of the molecule is CN(C)C(=O)OCC[N+](C)(C)CCCCCCCCCC[N+](C)(C)CCOC(=O)N(C)C. The van der Waals surface area contributed by atoms with Gasteiger partial charge in [0.15, 0.2) is 0 Å². The molecule has 0 rings (SSSR count). The Kier molecular flexibility index (Phi) is 15.4. The molecular weight excluding hydrogens is 408 g/mol. The van der Waals surface area contributed by atoms with E-state index in [1.807, 2.05) is 0 Å². The van der Waals surface area contributed by atoms with Crippen LogP contribution in [-0.2, 0) is 9.47 Å². The van der Waals surface area contributed by atoms with E-state index in [-0.39, 0.29) is 12.2 Å². The van der Waals surface area contributed by atoms with Crippen LogP contribution in [0, 0.1) is 0 Å². The van der Waals surface area contributed by atoms with E-state index in [1.165, 1.54) is 61.2 Å². The molecule has 0 heterocycles. The maximum atomic E-state index is 11.5. The Morgan fingerprint density at radius 1 is 0.531 bits per heavy atom. The first-order chi connectivity index (χ1) is 14.9. The van der Waals surface area contributed by atoms with Gasteiger partial charge in [0.1, 0.15) is 26.3 Å². The molecule has 0 N–H and O–H groups in total. The first-order valence-corrected chi connectivity index (χ1v) is 12.2. The molecule has 0 bridgehead atoms. The maximum absolute atomic E-state index is 11.5. The molecule has 8 nitrogen and oxygen atoms in total. The molecule has 0 aromatic heterocycles. The molecular formula is C24H52N4O4+2. The summed E-state index contributed by atoms with van der Waals surface area (Å²) in [5, 5.41) is 0. The largest absolute Gasteiger partial charge is 0.443 e. The van der Waals surface area contributed by atoms with Crippen molar-refractivity contribution in [2.75, 3.05) is 95.8 Å². The maximum Gasteiger partial charge on any atom is 0.409 e. The smallest absolute Gasteiger partial charge is 0.409 e. The molecule has 0 fully saturated rings. The monoisotopic (exact) mass is 460 g/mol. The van der Waals surface area contributed by atoms with Crippen LogP contribution < -0.4 is 0 Å². The van der Waals surface area contributed by atoms with Gasteiger partial charge in [-0.25, -0.2) is 9.59 Å². The van der Waals surface area contributed by atoms with Gasteiger partial charge in [0.25, 0.3) is 0 Å². The third kappa shape index (κ3) is 17.1. The van der Waals surface area contributed by atoms with Gasteiger partial charge in [0, 0.05) is 28.2 Å². The molecule has 0 aliphatic rings. The lowest BCUT2D eigenvalue weighted by Crippen LogP contribution is -2.43. The van der Waals surface area contributed by atoms with Crippen molar-refractivity contribution in [2.24, 2.45) is 0 Å². The van der Waals surface area contributed by atoms with E-state index in [0.717, 1.165) is 35.1 Å². The van der Waals surface area contributed by atoms with Gasteiger partial charge < -0.3 is 28.2 Å². The van der Waals surface area contributed by atoms with Crippen LogP contribution in [0.1, 0.15) is 51.4 Å². The summed E-state index contributed by atoms with van der Waals surface area (Å²) in [5.41, 5.74) is 0. The van der Waals surface area contributed by atoms with Crippen molar-refractivity contribution in [2.45, 2.75) is 51.4 Å². The van der Waals surface area contributed by atoms with E-state index in [1.54, 1.807) is 28.2 Å². The van der Waals surface area contributed by atoms with Crippen molar-refractivity contribution >= 4 is 12.2 Å². The molecule has 0 aliphatic heterocycles. The predicted octanol–water partition coefficient (Wildman–Crippen LogP) is 3.66. The van der Waals surface area contributed by atoms with Gasteiger partial charge in [-0.05, 0) is 25.7 Å². The van der Waals surface area contributed by atoms with Crippen molar-refractivity contribution in [1.29, 1.82) is 0 Å². The van der Waals surface area contributed by atoms with Crippen LogP contribution in [0.5, 0.6) is 0 Å². The molecule has 0 saturated carbocycles. The normalized spacial score (nSPS) is 11.9. The quantitative estimate of drug-likeness (QED) is 0.246. The number of carbonyl (C=O) groups is 2. The highest BCUT2D eigenvalue weighted by Gasteiger charge is 2.17. The molecule has 2 amide bonds. The molecule has 8 heteroatoms. The highest BCUT2D eigenvalue weighted by Crippen LogP contribution is 2.12. The third-order valence-electron chi connectivity index (χ3n) is 5.85. The van der Waals surface area contributed by atoms with Gasteiger partial charge in [0.05, 0.1) is 41.3 Å². The number of hydrogen-bond acceptors (Lipinski definition) is 4. The molecule has 0 unspecified atom stereocenters. The van der Waals surface area contributed by atoms with E-state index in [4.69, 9.17) is 9.47 Å². The first kappa shape index (κ1) is 30.5. The number of rotatable bonds is 17. The molecule has 0 aromatic carbocycles. The highest BCUT2D eigenvalue weighted by atomic mass is 16.6. The number of unbranched alkanes of at least 4 members (excludes halogenated alkanes) is 7. The van der Waals surface area contributed by atoms with Gasteiger partial charge in [-0.2, -0.15) is 0 Å². The number of hydrogen-bond donors (Lipinski definition) is 0. The van der Waals surface area contributed by atoms with E-state index in [2.05, 4.69) is 28.2 Å². The Labute approximate surface area is 197 Å². The van der Waals surface area contributed by atoms with Crippen LogP contribution in [0.3, 0.4) is 0 Å². The molecule has 0 aliphatic carbocycles. The summed E-state index contributed by atoms with van der Waals surface area (Å²) >= 11 is 0. The average Bonchev–Trinajstić information content (AvgIpc) is 2.68. The van der Waals surface area contributed by atoms with Crippen molar-refractivity contribution in [1.82, 2.24) is 9.80 Å².